The lowest BCUT2D eigenvalue weighted by atomic mass is 10.1. The first-order valence-corrected chi connectivity index (χ1v) is 5.64. The van der Waals surface area contributed by atoms with Gasteiger partial charge in [0.15, 0.2) is 0 Å². The van der Waals surface area contributed by atoms with Crippen LogP contribution in [0.1, 0.15) is 27.7 Å². The Morgan fingerprint density at radius 1 is 1.62 bits per heavy atom. The van der Waals surface area contributed by atoms with Crippen molar-refractivity contribution in [1.29, 1.82) is 0 Å². The number of amides is 1. The minimum Gasteiger partial charge on any atom is -0.381 e. The SMILES string of the molecule is CCSCC(C)NC(=O)C(C)(C)O. The van der Waals surface area contributed by atoms with Crippen LogP contribution in [0.3, 0.4) is 0 Å². The van der Waals surface area contributed by atoms with E-state index in [0.717, 1.165) is 11.5 Å². The molecule has 0 rings (SSSR count). The maximum absolute atomic E-state index is 11.3. The molecule has 0 fully saturated rings. The molecule has 1 unspecified atom stereocenters. The highest BCUT2D eigenvalue weighted by Crippen LogP contribution is 2.04. The molecule has 0 saturated heterocycles. The van der Waals surface area contributed by atoms with Crippen molar-refractivity contribution in [2.45, 2.75) is 39.3 Å². The average Bonchev–Trinajstić information content (AvgIpc) is 1.99. The third-order valence-corrected chi connectivity index (χ3v) is 2.65. The summed E-state index contributed by atoms with van der Waals surface area (Å²) in [5.74, 6) is 1.62. The Morgan fingerprint density at radius 3 is 2.54 bits per heavy atom. The van der Waals surface area contributed by atoms with E-state index in [1.165, 1.54) is 13.8 Å². The summed E-state index contributed by atoms with van der Waals surface area (Å²) >= 11 is 1.77. The maximum atomic E-state index is 11.3. The Kier molecular flexibility index (Phi) is 5.40. The van der Waals surface area contributed by atoms with Crippen molar-refractivity contribution in [1.82, 2.24) is 5.32 Å². The molecule has 13 heavy (non-hydrogen) atoms. The van der Waals surface area contributed by atoms with Gasteiger partial charge in [-0.05, 0) is 26.5 Å². The highest BCUT2D eigenvalue weighted by molar-refractivity contribution is 7.99. The van der Waals surface area contributed by atoms with Crippen molar-refractivity contribution in [2.24, 2.45) is 0 Å². The molecular weight excluding hydrogens is 186 g/mol. The molecule has 0 radical (unpaired) electrons. The number of hydrogen-bond donors (Lipinski definition) is 2. The monoisotopic (exact) mass is 205 g/mol. The van der Waals surface area contributed by atoms with E-state index in [1.54, 1.807) is 11.8 Å². The van der Waals surface area contributed by atoms with Crippen LogP contribution >= 0.6 is 11.8 Å². The normalized spacial score (nSPS) is 13.9. The second-order valence-corrected chi connectivity index (χ2v) is 4.91. The fraction of sp³-hybridized carbons (Fsp3) is 0.889. The van der Waals surface area contributed by atoms with E-state index >= 15 is 0 Å². The van der Waals surface area contributed by atoms with E-state index in [9.17, 15) is 9.90 Å². The van der Waals surface area contributed by atoms with Crippen molar-refractivity contribution in [3.05, 3.63) is 0 Å². The van der Waals surface area contributed by atoms with Crippen LogP contribution < -0.4 is 5.32 Å². The highest BCUT2D eigenvalue weighted by Gasteiger charge is 2.24. The molecule has 0 heterocycles. The third-order valence-electron chi connectivity index (χ3n) is 1.51. The first-order chi connectivity index (χ1) is 5.88. The molecule has 0 aliphatic heterocycles. The summed E-state index contributed by atoms with van der Waals surface area (Å²) in [5.41, 5.74) is -1.27. The van der Waals surface area contributed by atoms with Gasteiger partial charge in [-0.25, -0.2) is 0 Å². The second kappa shape index (κ2) is 5.50. The van der Waals surface area contributed by atoms with Crippen molar-refractivity contribution in [3.63, 3.8) is 0 Å². The predicted molar refractivity (Wildman–Crippen MR) is 56.9 cm³/mol. The van der Waals surface area contributed by atoms with Gasteiger partial charge in [0, 0.05) is 11.8 Å². The largest absolute Gasteiger partial charge is 0.381 e. The van der Waals surface area contributed by atoms with Gasteiger partial charge in [0.05, 0.1) is 0 Å². The molecule has 0 saturated carbocycles. The van der Waals surface area contributed by atoms with E-state index in [-0.39, 0.29) is 11.9 Å². The van der Waals surface area contributed by atoms with Gasteiger partial charge in [-0.1, -0.05) is 6.92 Å². The quantitative estimate of drug-likeness (QED) is 0.704. The van der Waals surface area contributed by atoms with Crippen LogP contribution in [0.4, 0.5) is 0 Å². The number of thioether (sulfide) groups is 1. The lowest BCUT2D eigenvalue weighted by Crippen LogP contribution is -2.46. The zero-order valence-electron chi connectivity index (χ0n) is 8.76. The number of rotatable bonds is 5. The first-order valence-electron chi connectivity index (χ1n) is 4.49. The van der Waals surface area contributed by atoms with Gasteiger partial charge in [0.25, 0.3) is 5.91 Å². The van der Waals surface area contributed by atoms with Crippen LogP contribution in [-0.2, 0) is 4.79 Å². The molecule has 0 spiro atoms. The van der Waals surface area contributed by atoms with Gasteiger partial charge in [-0.15, -0.1) is 0 Å². The molecule has 1 atom stereocenters. The van der Waals surface area contributed by atoms with Gasteiger partial charge in [-0.2, -0.15) is 11.8 Å². The molecular formula is C9H19NO2S. The Hall–Kier alpha value is -0.220. The Balaban J connectivity index is 3.79. The Morgan fingerprint density at radius 2 is 2.15 bits per heavy atom. The lowest BCUT2D eigenvalue weighted by molar-refractivity contribution is -0.136. The Bertz CT molecular complexity index is 165. The first kappa shape index (κ1) is 12.8. The van der Waals surface area contributed by atoms with Gasteiger partial charge in [0.2, 0.25) is 0 Å². The zero-order valence-corrected chi connectivity index (χ0v) is 9.57. The molecule has 4 heteroatoms. The molecule has 0 bridgehead atoms. The van der Waals surface area contributed by atoms with Crippen LogP contribution in [0.5, 0.6) is 0 Å². The van der Waals surface area contributed by atoms with Crippen LogP contribution in [-0.4, -0.2) is 34.2 Å². The number of aliphatic hydroxyl groups is 1. The van der Waals surface area contributed by atoms with E-state index in [1.807, 2.05) is 6.92 Å². The highest BCUT2D eigenvalue weighted by atomic mass is 32.2. The van der Waals surface area contributed by atoms with E-state index in [4.69, 9.17) is 0 Å². The second-order valence-electron chi connectivity index (χ2n) is 3.59. The van der Waals surface area contributed by atoms with Crippen LogP contribution in [0.15, 0.2) is 0 Å². The molecule has 3 nitrogen and oxygen atoms in total. The molecule has 0 aliphatic carbocycles. The summed E-state index contributed by atoms with van der Waals surface area (Å²) in [6.07, 6.45) is 0. The summed E-state index contributed by atoms with van der Waals surface area (Å²) in [6, 6.07) is 0.115. The van der Waals surface area contributed by atoms with Crippen LogP contribution in [0.2, 0.25) is 0 Å². The number of carbonyl (C=O) groups is 1. The van der Waals surface area contributed by atoms with Gasteiger partial charge in [-0.3, -0.25) is 4.79 Å². The lowest BCUT2D eigenvalue weighted by Gasteiger charge is -2.20. The fourth-order valence-electron chi connectivity index (χ4n) is 0.737. The predicted octanol–water partition coefficient (Wildman–Crippen LogP) is 1.02. The summed E-state index contributed by atoms with van der Waals surface area (Å²) in [4.78, 5) is 11.3. The zero-order chi connectivity index (χ0) is 10.5. The molecule has 1 amide bonds. The van der Waals surface area contributed by atoms with Crippen molar-refractivity contribution >= 4 is 17.7 Å². The van der Waals surface area contributed by atoms with E-state index in [0.29, 0.717) is 0 Å². The smallest absolute Gasteiger partial charge is 0.251 e. The summed E-state index contributed by atoms with van der Waals surface area (Å²) < 4.78 is 0. The average molecular weight is 205 g/mol. The summed E-state index contributed by atoms with van der Waals surface area (Å²) in [7, 11) is 0. The topological polar surface area (TPSA) is 49.3 Å². The summed E-state index contributed by atoms with van der Waals surface area (Å²) in [6.45, 7) is 6.99. The number of nitrogens with one attached hydrogen (secondary N) is 1. The molecule has 0 aromatic carbocycles. The number of carbonyl (C=O) groups excluding carboxylic acids is 1. The van der Waals surface area contributed by atoms with Gasteiger partial charge < -0.3 is 10.4 Å². The summed E-state index contributed by atoms with van der Waals surface area (Å²) in [5, 5.41) is 12.1. The van der Waals surface area contributed by atoms with Gasteiger partial charge in [0.1, 0.15) is 5.60 Å². The van der Waals surface area contributed by atoms with Crippen LogP contribution in [0.25, 0.3) is 0 Å². The fourth-order valence-corrected chi connectivity index (χ4v) is 1.41. The minimum atomic E-state index is -1.27. The van der Waals surface area contributed by atoms with Crippen molar-refractivity contribution < 1.29 is 9.90 Å². The molecule has 0 aromatic rings. The minimum absolute atomic E-state index is 0.115. The van der Waals surface area contributed by atoms with Crippen molar-refractivity contribution in [3.8, 4) is 0 Å². The van der Waals surface area contributed by atoms with Crippen LogP contribution in [0, 0.1) is 0 Å². The van der Waals surface area contributed by atoms with Crippen molar-refractivity contribution in [2.75, 3.05) is 11.5 Å². The van der Waals surface area contributed by atoms with E-state index in [2.05, 4.69) is 12.2 Å². The van der Waals surface area contributed by atoms with Gasteiger partial charge >= 0.3 is 0 Å². The Labute approximate surface area is 84.3 Å². The van der Waals surface area contributed by atoms with E-state index < -0.39 is 5.60 Å². The maximum Gasteiger partial charge on any atom is 0.251 e. The molecule has 78 valence electrons. The molecule has 0 aliphatic rings. The number of hydrogen-bond acceptors (Lipinski definition) is 3. The standard InChI is InChI=1S/C9H19NO2S/c1-5-13-6-7(2)10-8(11)9(3,4)12/h7,12H,5-6H2,1-4H3,(H,10,11). The molecule has 0 aromatic heterocycles. The molecule has 2 N–H and O–H groups in total. The third kappa shape index (κ3) is 5.93.